The van der Waals surface area contributed by atoms with E-state index in [2.05, 4.69) is 27.2 Å². The van der Waals surface area contributed by atoms with E-state index in [1.165, 1.54) is 12.4 Å². The van der Waals surface area contributed by atoms with Crippen LogP contribution in [0.3, 0.4) is 0 Å². The normalized spacial score (nSPS) is 18.0. The molecule has 92 valence electrons. The first kappa shape index (κ1) is 12.3. The molecule has 5 nitrogen and oxygen atoms in total. The van der Waals surface area contributed by atoms with Gasteiger partial charge in [0.05, 0.1) is 12.4 Å². The summed E-state index contributed by atoms with van der Waals surface area (Å²) in [4.78, 5) is 22.0. The minimum absolute atomic E-state index is 0.00895. The van der Waals surface area contributed by atoms with E-state index in [9.17, 15) is 4.79 Å². The van der Waals surface area contributed by atoms with Crippen LogP contribution in [0.2, 0.25) is 5.15 Å². The van der Waals surface area contributed by atoms with E-state index in [0.29, 0.717) is 5.82 Å². The number of hydrogen-bond acceptors (Lipinski definition) is 4. The number of anilines is 1. The quantitative estimate of drug-likeness (QED) is 0.867. The molecule has 1 saturated heterocycles. The van der Waals surface area contributed by atoms with Gasteiger partial charge in [0, 0.05) is 5.92 Å². The third-order valence-corrected chi connectivity index (χ3v) is 3.13. The maximum absolute atomic E-state index is 11.9. The van der Waals surface area contributed by atoms with Crippen LogP contribution in [0.15, 0.2) is 12.4 Å². The first-order valence-electron chi connectivity index (χ1n) is 5.62. The number of nitrogens with zero attached hydrogens (tertiary/aromatic N) is 3. The number of piperidine rings is 1. The molecule has 2 heterocycles. The minimum Gasteiger partial charge on any atom is -0.309 e. The smallest absolute Gasteiger partial charge is 0.228 e. The topological polar surface area (TPSA) is 58.1 Å². The van der Waals surface area contributed by atoms with Gasteiger partial charge in [-0.15, -0.1) is 0 Å². The number of halogens is 1. The molecule has 1 aromatic rings. The van der Waals surface area contributed by atoms with Gasteiger partial charge in [-0.2, -0.15) is 0 Å². The van der Waals surface area contributed by atoms with Gasteiger partial charge in [-0.3, -0.25) is 9.78 Å². The number of nitrogens with one attached hydrogen (secondary N) is 1. The molecule has 1 aliphatic rings. The molecular weight excluding hydrogens is 240 g/mol. The largest absolute Gasteiger partial charge is 0.309 e. The molecule has 0 bridgehead atoms. The zero-order valence-corrected chi connectivity index (χ0v) is 10.4. The lowest BCUT2D eigenvalue weighted by Gasteiger charge is -2.27. The fourth-order valence-electron chi connectivity index (χ4n) is 1.90. The average molecular weight is 255 g/mol. The second-order valence-corrected chi connectivity index (χ2v) is 4.68. The van der Waals surface area contributed by atoms with Gasteiger partial charge in [-0.1, -0.05) is 11.6 Å². The molecule has 0 unspecified atom stereocenters. The van der Waals surface area contributed by atoms with Gasteiger partial charge in [-0.05, 0) is 33.0 Å². The van der Waals surface area contributed by atoms with Crippen molar-refractivity contribution in [2.75, 3.05) is 25.5 Å². The lowest BCUT2D eigenvalue weighted by Crippen LogP contribution is -2.36. The first-order chi connectivity index (χ1) is 8.15. The number of carbonyl (C=O) groups excluding carboxylic acids is 1. The predicted molar refractivity (Wildman–Crippen MR) is 65.9 cm³/mol. The van der Waals surface area contributed by atoms with Crippen LogP contribution in [0, 0.1) is 5.92 Å². The second kappa shape index (κ2) is 5.42. The summed E-state index contributed by atoms with van der Waals surface area (Å²) in [5.74, 6) is 0.489. The molecule has 0 saturated carbocycles. The van der Waals surface area contributed by atoms with E-state index in [0.717, 1.165) is 25.9 Å². The van der Waals surface area contributed by atoms with Gasteiger partial charge in [0.15, 0.2) is 5.82 Å². The van der Waals surface area contributed by atoms with E-state index in [4.69, 9.17) is 11.6 Å². The van der Waals surface area contributed by atoms with Gasteiger partial charge < -0.3 is 10.2 Å². The van der Waals surface area contributed by atoms with E-state index in [1.807, 2.05) is 0 Å². The maximum atomic E-state index is 11.9. The van der Waals surface area contributed by atoms with Crippen LogP contribution in [0.1, 0.15) is 12.8 Å². The fourth-order valence-corrected chi connectivity index (χ4v) is 2.05. The van der Waals surface area contributed by atoms with Gasteiger partial charge in [0.25, 0.3) is 0 Å². The van der Waals surface area contributed by atoms with Crippen LogP contribution in [0.4, 0.5) is 5.82 Å². The molecule has 17 heavy (non-hydrogen) atoms. The summed E-state index contributed by atoms with van der Waals surface area (Å²) in [7, 11) is 2.07. The summed E-state index contributed by atoms with van der Waals surface area (Å²) in [5.41, 5.74) is 0. The van der Waals surface area contributed by atoms with Gasteiger partial charge in [0.1, 0.15) is 5.15 Å². The molecule has 6 heteroatoms. The van der Waals surface area contributed by atoms with Crippen LogP contribution >= 0.6 is 11.6 Å². The molecule has 0 atom stereocenters. The Kier molecular flexibility index (Phi) is 3.91. The molecule has 2 rings (SSSR count). The standard InChI is InChI=1S/C11H15ClN4O/c1-16-4-2-8(3-5-16)11(17)15-10-7-13-6-9(12)14-10/h6-8H,2-5H2,1H3,(H,14,15,17). The highest BCUT2D eigenvalue weighted by atomic mass is 35.5. The van der Waals surface area contributed by atoms with Crippen molar-refractivity contribution >= 4 is 23.3 Å². The van der Waals surface area contributed by atoms with Crippen molar-refractivity contribution in [1.29, 1.82) is 0 Å². The Morgan fingerprint density at radius 1 is 1.47 bits per heavy atom. The fraction of sp³-hybridized carbons (Fsp3) is 0.545. The summed E-state index contributed by atoms with van der Waals surface area (Å²) in [6.45, 7) is 1.92. The molecule has 1 amide bonds. The van der Waals surface area contributed by atoms with Gasteiger partial charge in [-0.25, -0.2) is 4.98 Å². The van der Waals surface area contributed by atoms with Crippen LogP contribution < -0.4 is 5.32 Å². The lowest BCUT2D eigenvalue weighted by atomic mass is 9.96. The van der Waals surface area contributed by atoms with Crippen LogP contribution in [-0.2, 0) is 4.79 Å². The van der Waals surface area contributed by atoms with Crippen LogP contribution in [-0.4, -0.2) is 40.9 Å². The Hall–Kier alpha value is -1.20. The number of amides is 1. The molecule has 0 aliphatic carbocycles. The number of hydrogen-bond donors (Lipinski definition) is 1. The zero-order chi connectivity index (χ0) is 12.3. The number of rotatable bonds is 2. The molecule has 1 aliphatic heterocycles. The van der Waals surface area contributed by atoms with Gasteiger partial charge >= 0.3 is 0 Å². The van der Waals surface area contributed by atoms with Crippen molar-refractivity contribution in [1.82, 2.24) is 14.9 Å². The van der Waals surface area contributed by atoms with E-state index in [1.54, 1.807) is 0 Å². The van der Waals surface area contributed by atoms with Crippen molar-refractivity contribution in [2.24, 2.45) is 5.92 Å². The van der Waals surface area contributed by atoms with Crippen molar-refractivity contribution in [3.63, 3.8) is 0 Å². The number of carbonyl (C=O) groups is 1. The van der Waals surface area contributed by atoms with E-state index in [-0.39, 0.29) is 17.0 Å². The first-order valence-corrected chi connectivity index (χ1v) is 6.00. The summed E-state index contributed by atoms with van der Waals surface area (Å²) >= 11 is 5.70. The second-order valence-electron chi connectivity index (χ2n) is 4.29. The number of likely N-dealkylation sites (tertiary alicyclic amines) is 1. The SMILES string of the molecule is CN1CCC(C(=O)Nc2cncc(Cl)n2)CC1. The molecule has 0 radical (unpaired) electrons. The van der Waals surface area contributed by atoms with Crippen LogP contribution in [0.25, 0.3) is 0 Å². The Morgan fingerprint density at radius 3 is 2.82 bits per heavy atom. The number of aromatic nitrogens is 2. The lowest BCUT2D eigenvalue weighted by molar-refractivity contribution is -0.121. The third kappa shape index (κ3) is 3.38. The third-order valence-electron chi connectivity index (χ3n) is 2.95. The Balaban J connectivity index is 1.93. The van der Waals surface area contributed by atoms with Crippen molar-refractivity contribution in [2.45, 2.75) is 12.8 Å². The zero-order valence-electron chi connectivity index (χ0n) is 9.69. The Morgan fingerprint density at radius 2 is 2.18 bits per heavy atom. The molecular formula is C11H15ClN4O. The van der Waals surface area contributed by atoms with E-state index < -0.39 is 0 Å². The molecule has 1 N–H and O–H groups in total. The average Bonchev–Trinajstić information content (AvgIpc) is 2.29. The van der Waals surface area contributed by atoms with Crippen LogP contribution in [0.5, 0.6) is 0 Å². The monoisotopic (exact) mass is 254 g/mol. The minimum atomic E-state index is 0.00895. The highest BCUT2D eigenvalue weighted by molar-refractivity contribution is 6.29. The summed E-state index contributed by atoms with van der Waals surface area (Å²) in [6, 6.07) is 0. The summed E-state index contributed by atoms with van der Waals surface area (Å²) in [5, 5.41) is 3.04. The molecule has 0 spiro atoms. The van der Waals surface area contributed by atoms with Gasteiger partial charge in [0.2, 0.25) is 5.91 Å². The molecule has 1 fully saturated rings. The Labute approximate surface area is 105 Å². The molecule has 0 aromatic carbocycles. The predicted octanol–water partition coefficient (Wildman–Crippen LogP) is 1.41. The van der Waals surface area contributed by atoms with E-state index >= 15 is 0 Å². The maximum Gasteiger partial charge on any atom is 0.228 e. The van der Waals surface area contributed by atoms with Crippen molar-refractivity contribution in [3.8, 4) is 0 Å². The van der Waals surface area contributed by atoms with Crippen molar-refractivity contribution in [3.05, 3.63) is 17.5 Å². The highest BCUT2D eigenvalue weighted by Gasteiger charge is 2.23. The van der Waals surface area contributed by atoms with Crippen molar-refractivity contribution < 1.29 is 4.79 Å². The Bertz CT molecular complexity index is 404. The molecule has 1 aromatic heterocycles. The summed E-state index contributed by atoms with van der Waals surface area (Å²) < 4.78 is 0. The summed E-state index contributed by atoms with van der Waals surface area (Å²) in [6.07, 6.45) is 4.71. The highest BCUT2D eigenvalue weighted by Crippen LogP contribution is 2.18.